The number of thiophene rings is 1. The van der Waals surface area contributed by atoms with E-state index in [1.165, 1.54) is 41.5 Å². The summed E-state index contributed by atoms with van der Waals surface area (Å²) in [5, 5.41) is 13.0. The summed E-state index contributed by atoms with van der Waals surface area (Å²) < 4.78 is 0. The highest BCUT2D eigenvalue weighted by Gasteiger charge is 2.39. The predicted octanol–water partition coefficient (Wildman–Crippen LogP) is 1.18. The van der Waals surface area contributed by atoms with Gasteiger partial charge in [0.25, 0.3) is 23.6 Å². The molecule has 172 valence electrons. The van der Waals surface area contributed by atoms with Crippen LogP contribution < -0.4 is 10.9 Å². The molecule has 0 spiro atoms. The fourth-order valence-electron chi connectivity index (χ4n) is 3.66. The van der Waals surface area contributed by atoms with Crippen molar-refractivity contribution in [2.45, 2.75) is 0 Å². The standard InChI is InChI=1S/C21H20ClN5O5S/c1-24-20(31)15(22)16(21(24)32)27(23)13-5-2-4-12(17(13)28)18(29)25-7-9-26(10-8-25)19(30)14-6-3-11-33-14/h2-6,11,28H,7-10,23H2,1H3. The second-order valence-corrected chi connectivity index (χ2v) is 8.76. The molecule has 0 saturated carbocycles. The number of anilines is 1. The Bertz CT molecular complexity index is 1170. The number of carbonyl (C=O) groups excluding carboxylic acids is 4. The molecule has 0 atom stereocenters. The van der Waals surface area contributed by atoms with E-state index in [0.717, 1.165) is 9.91 Å². The molecule has 33 heavy (non-hydrogen) atoms. The van der Waals surface area contributed by atoms with Gasteiger partial charge in [0.2, 0.25) is 0 Å². The van der Waals surface area contributed by atoms with Crippen molar-refractivity contribution in [1.82, 2.24) is 14.7 Å². The summed E-state index contributed by atoms with van der Waals surface area (Å²) >= 11 is 7.34. The number of benzene rings is 1. The van der Waals surface area contributed by atoms with Gasteiger partial charge < -0.3 is 14.9 Å². The highest BCUT2D eigenvalue weighted by molar-refractivity contribution is 7.12. The average molecular weight is 490 g/mol. The summed E-state index contributed by atoms with van der Waals surface area (Å²) in [7, 11) is 1.26. The second kappa shape index (κ2) is 8.85. The molecule has 3 N–H and O–H groups in total. The van der Waals surface area contributed by atoms with E-state index in [4.69, 9.17) is 17.4 Å². The summed E-state index contributed by atoms with van der Waals surface area (Å²) in [6.07, 6.45) is 0. The van der Waals surface area contributed by atoms with Crippen LogP contribution in [0.3, 0.4) is 0 Å². The molecule has 1 saturated heterocycles. The Balaban J connectivity index is 1.51. The zero-order valence-corrected chi connectivity index (χ0v) is 19.1. The molecular formula is C21H20ClN5O5S. The van der Waals surface area contributed by atoms with Gasteiger partial charge in [-0.15, -0.1) is 11.3 Å². The lowest BCUT2D eigenvalue weighted by Crippen LogP contribution is -2.50. The maximum atomic E-state index is 13.1. The van der Waals surface area contributed by atoms with Gasteiger partial charge in [-0.2, -0.15) is 0 Å². The molecule has 2 aliphatic heterocycles. The lowest BCUT2D eigenvalue weighted by Gasteiger charge is -2.34. The largest absolute Gasteiger partial charge is 0.505 e. The lowest BCUT2D eigenvalue weighted by atomic mass is 10.1. The van der Waals surface area contributed by atoms with Crippen LogP contribution in [0, 0.1) is 0 Å². The molecule has 0 aliphatic carbocycles. The summed E-state index contributed by atoms with van der Waals surface area (Å²) in [4.78, 5) is 54.6. The Morgan fingerprint density at radius 2 is 1.67 bits per heavy atom. The van der Waals surface area contributed by atoms with Gasteiger partial charge in [-0.1, -0.05) is 23.7 Å². The van der Waals surface area contributed by atoms with Gasteiger partial charge in [0.1, 0.15) is 16.4 Å². The van der Waals surface area contributed by atoms with Crippen LogP contribution in [0.1, 0.15) is 20.0 Å². The van der Waals surface area contributed by atoms with Crippen molar-refractivity contribution in [3.05, 3.63) is 56.9 Å². The number of hydrazine groups is 1. The first kappa shape index (κ1) is 22.8. The first-order valence-electron chi connectivity index (χ1n) is 9.93. The van der Waals surface area contributed by atoms with E-state index in [0.29, 0.717) is 31.1 Å². The van der Waals surface area contributed by atoms with E-state index in [-0.39, 0.29) is 27.9 Å². The molecular weight excluding hydrogens is 470 g/mol. The topological polar surface area (TPSA) is 127 Å². The molecule has 1 aromatic carbocycles. The number of piperazine rings is 1. The third-order valence-electron chi connectivity index (χ3n) is 5.54. The van der Waals surface area contributed by atoms with E-state index in [1.54, 1.807) is 11.0 Å². The number of phenols is 1. The molecule has 4 amide bonds. The number of hydrogen-bond acceptors (Lipinski definition) is 8. The van der Waals surface area contributed by atoms with Gasteiger partial charge in [-0.05, 0) is 23.6 Å². The van der Waals surface area contributed by atoms with Gasteiger partial charge >= 0.3 is 0 Å². The quantitative estimate of drug-likeness (QED) is 0.375. The van der Waals surface area contributed by atoms with Crippen LogP contribution in [0.15, 0.2) is 46.4 Å². The molecule has 1 fully saturated rings. The van der Waals surface area contributed by atoms with Crippen LogP contribution in [0.2, 0.25) is 0 Å². The molecule has 12 heteroatoms. The number of imide groups is 1. The zero-order valence-electron chi connectivity index (χ0n) is 17.5. The highest BCUT2D eigenvalue weighted by Crippen LogP contribution is 2.35. The van der Waals surface area contributed by atoms with Gasteiger partial charge in [0, 0.05) is 33.2 Å². The number of phenolic OH excluding ortho intramolecular Hbond substituents is 1. The first-order valence-corrected chi connectivity index (χ1v) is 11.2. The number of halogens is 1. The predicted molar refractivity (Wildman–Crippen MR) is 122 cm³/mol. The first-order chi connectivity index (χ1) is 15.7. The number of rotatable bonds is 4. The number of hydrogen-bond donors (Lipinski definition) is 2. The maximum Gasteiger partial charge on any atom is 0.280 e. The van der Waals surface area contributed by atoms with Crippen molar-refractivity contribution < 1.29 is 24.3 Å². The minimum absolute atomic E-state index is 0.0252. The summed E-state index contributed by atoms with van der Waals surface area (Å²) in [5.41, 5.74) is -0.385. The Hall–Kier alpha value is -3.41. The lowest BCUT2D eigenvalue weighted by molar-refractivity contribution is -0.135. The molecule has 3 heterocycles. The number of nitrogens with zero attached hydrogens (tertiary/aromatic N) is 4. The molecule has 0 radical (unpaired) electrons. The molecule has 2 aliphatic rings. The zero-order chi connectivity index (χ0) is 23.9. The Labute approximate surface area is 198 Å². The van der Waals surface area contributed by atoms with Crippen LogP contribution in [-0.2, 0) is 9.59 Å². The van der Waals surface area contributed by atoms with Gasteiger partial charge in [-0.25, -0.2) is 5.84 Å². The summed E-state index contributed by atoms with van der Waals surface area (Å²) in [6.45, 7) is 1.30. The fourth-order valence-corrected chi connectivity index (χ4v) is 4.65. The number of likely N-dealkylation sites (N-methyl/N-ethyl adjacent to an activating group) is 1. The van der Waals surface area contributed by atoms with Crippen LogP contribution in [0.4, 0.5) is 5.69 Å². The van der Waals surface area contributed by atoms with Crippen LogP contribution in [0.5, 0.6) is 5.75 Å². The number of para-hydroxylation sites is 1. The van der Waals surface area contributed by atoms with Crippen LogP contribution in [-0.4, -0.2) is 76.7 Å². The van der Waals surface area contributed by atoms with Crippen molar-refractivity contribution >= 4 is 52.3 Å². The molecule has 1 aromatic heterocycles. The normalized spacial score (nSPS) is 16.6. The third-order valence-corrected chi connectivity index (χ3v) is 6.74. The number of aromatic hydroxyl groups is 1. The van der Waals surface area contributed by atoms with E-state index >= 15 is 0 Å². The van der Waals surface area contributed by atoms with Gasteiger partial charge in [0.15, 0.2) is 5.75 Å². The van der Waals surface area contributed by atoms with Gasteiger partial charge in [-0.3, -0.25) is 29.1 Å². The molecule has 0 bridgehead atoms. The minimum Gasteiger partial charge on any atom is -0.505 e. The van der Waals surface area contributed by atoms with Crippen molar-refractivity contribution in [2.24, 2.45) is 5.84 Å². The molecule has 10 nitrogen and oxygen atoms in total. The number of nitrogens with two attached hydrogens (primary N) is 1. The molecule has 0 unspecified atom stereocenters. The van der Waals surface area contributed by atoms with Crippen LogP contribution in [0.25, 0.3) is 0 Å². The number of amides is 4. The average Bonchev–Trinajstić information content (AvgIpc) is 3.42. The monoisotopic (exact) mass is 489 g/mol. The smallest absolute Gasteiger partial charge is 0.280 e. The summed E-state index contributed by atoms with van der Waals surface area (Å²) in [6, 6.07) is 7.90. The van der Waals surface area contributed by atoms with Crippen molar-refractivity contribution in [3.63, 3.8) is 0 Å². The maximum absolute atomic E-state index is 13.1. The molecule has 4 rings (SSSR count). The summed E-state index contributed by atoms with van der Waals surface area (Å²) in [5.74, 6) is 3.60. The third kappa shape index (κ3) is 3.94. The number of carbonyl (C=O) groups is 4. The van der Waals surface area contributed by atoms with Gasteiger partial charge in [0.05, 0.1) is 10.4 Å². The van der Waals surface area contributed by atoms with Crippen molar-refractivity contribution in [1.29, 1.82) is 0 Å². The van der Waals surface area contributed by atoms with Crippen LogP contribution >= 0.6 is 22.9 Å². The van der Waals surface area contributed by atoms with E-state index in [2.05, 4.69) is 0 Å². The van der Waals surface area contributed by atoms with Crippen molar-refractivity contribution in [3.8, 4) is 5.75 Å². The SMILES string of the molecule is CN1C(=O)C(Cl)=C(N(N)c2cccc(C(=O)N3CCN(C(=O)c4cccs4)CC3)c2O)C1=O. The second-order valence-electron chi connectivity index (χ2n) is 7.44. The Kier molecular flexibility index (Phi) is 6.11. The minimum atomic E-state index is -0.727. The van der Waals surface area contributed by atoms with E-state index in [9.17, 15) is 24.3 Å². The molecule has 2 aromatic rings. The van der Waals surface area contributed by atoms with Crippen molar-refractivity contribution in [2.75, 3.05) is 38.2 Å². The van der Waals surface area contributed by atoms with E-state index in [1.807, 2.05) is 11.4 Å². The fraction of sp³-hybridized carbons (Fsp3) is 0.238. The Morgan fingerprint density at radius 3 is 2.21 bits per heavy atom. The van der Waals surface area contributed by atoms with E-state index < -0.39 is 23.5 Å². The highest BCUT2D eigenvalue weighted by atomic mass is 35.5. The Morgan fingerprint density at radius 1 is 1.03 bits per heavy atom.